The molecule has 0 aromatic carbocycles. The highest BCUT2D eigenvalue weighted by Crippen LogP contribution is 2.19. The Bertz CT molecular complexity index is 631. The average molecular weight is 287 g/mol. The number of hydrogen-bond acceptors (Lipinski definition) is 6. The zero-order valence-corrected chi connectivity index (χ0v) is 11.5. The lowest BCUT2D eigenvalue weighted by Crippen LogP contribution is -2.12. The normalized spacial score (nSPS) is 11.7. The third-order valence-corrected chi connectivity index (χ3v) is 4.34. The molecule has 2 aromatic heterocycles. The molecule has 0 saturated carbocycles. The Hall–Kier alpha value is -1.45. The van der Waals surface area contributed by atoms with Gasteiger partial charge in [0.1, 0.15) is 9.90 Å². The first-order valence-electron chi connectivity index (χ1n) is 5.16. The van der Waals surface area contributed by atoms with Crippen molar-refractivity contribution in [2.24, 2.45) is 0 Å². The SMILES string of the molecule is CNCc1cc(S(=O)(=O)Nc2nnc(C)s2)c[nH]1. The van der Waals surface area contributed by atoms with E-state index in [1.54, 1.807) is 20.0 Å². The molecule has 98 valence electrons. The molecule has 3 N–H and O–H groups in total. The van der Waals surface area contributed by atoms with Gasteiger partial charge in [0.15, 0.2) is 0 Å². The summed E-state index contributed by atoms with van der Waals surface area (Å²) in [6, 6.07) is 1.58. The summed E-state index contributed by atoms with van der Waals surface area (Å²) in [5.74, 6) is 0. The van der Waals surface area contributed by atoms with Gasteiger partial charge in [-0.1, -0.05) is 11.3 Å². The van der Waals surface area contributed by atoms with Crippen molar-refractivity contribution >= 4 is 26.5 Å². The van der Waals surface area contributed by atoms with Crippen molar-refractivity contribution in [3.8, 4) is 0 Å². The summed E-state index contributed by atoms with van der Waals surface area (Å²) >= 11 is 1.19. The second-order valence-electron chi connectivity index (χ2n) is 3.62. The molecule has 0 aliphatic carbocycles. The van der Waals surface area contributed by atoms with Crippen molar-refractivity contribution in [2.75, 3.05) is 11.8 Å². The molecule has 0 amide bonds. The third kappa shape index (κ3) is 2.86. The Labute approximate surface area is 109 Å². The topological polar surface area (TPSA) is 99.8 Å². The predicted molar refractivity (Wildman–Crippen MR) is 69.0 cm³/mol. The van der Waals surface area contributed by atoms with Gasteiger partial charge < -0.3 is 10.3 Å². The fourth-order valence-corrected chi connectivity index (χ4v) is 3.22. The number of sulfonamides is 1. The monoisotopic (exact) mass is 287 g/mol. The van der Waals surface area contributed by atoms with Crippen molar-refractivity contribution in [2.45, 2.75) is 18.4 Å². The standard InChI is InChI=1S/C9H13N5O2S2/c1-6-12-13-9(17-6)14-18(15,16)8-3-7(4-10-2)11-5-8/h3,5,10-11H,4H2,1-2H3,(H,13,14). The number of hydrogen-bond donors (Lipinski definition) is 3. The smallest absolute Gasteiger partial charge is 0.265 e. The van der Waals surface area contributed by atoms with E-state index in [1.807, 2.05) is 0 Å². The van der Waals surface area contributed by atoms with Gasteiger partial charge in [0.05, 0.1) is 0 Å². The largest absolute Gasteiger partial charge is 0.363 e. The Morgan fingerprint density at radius 1 is 1.44 bits per heavy atom. The molecular formula is C9H13N5O2S2. The maximum absolute atomic E-state index is 12.0. The predicted octanol–water partition coefficient (Wildman–Crippen LogP) is 0.695. The summed E-state index contributed by atoms with van der Waals surface area (Å²) in [6.07, 6.45) is 1.45. The van der Waals surface area contributed by atoms with E-state index in [9.17, 15) is 8.42 Å². The third-order valence-electron chi connectivity index (χ3n) is 2.14. The van der Waals surface area contributed by atoms with E-state index in [-0.39, 0.29) is 10.0 Å². The molecule has 0 aliphatic rings. The summed E-state index contributed by atoms with van der Waals surface area (Å²) in [5.41, 5.74) is 0.798. The molecule has 2 aromatic rings. The number of aromatic nitrogens is 3. The van der Waals surface area contributed by atoms with E-state index >= 15 is 0 Å². The fourth-order valence-electron chi connectivity index (χ4n) is 1.38. The minimum Gasteiger partial charge on any atom is -0.363 e. The average Bonchev–Trinajstić information content (AvgIpc) is 2.88. The molecule has 0 atom stereocenters. The molecule has 2 heterocycles. The first kappa shape index (κ1) is 13.0. The van der Waals surface area contributed by atoms with Crippen LogP contribution in [0.1, 0.15) is 10.7 Å². The van der Waals surface area contributed by atoms with Crippen LogP contribution < -0.4 is 10.0 Å². The highest BCUT2D eigenvalue weighted by atomic mass is 32.2. The van der Waals surface area contributed by atoms with Gasteiger partial charge in [0.25, 0.3) is 10.0 Å². The van der Waals surface area contributed by atoms with Crippen LogP contribution in [0, 0.1) is 6.92 Å². The Balaban J connectivity index is 2.19. The van der Waals surface area contributed by atoms with Gasteiger partial charge in [-0.15, -0.1) is 10.2 Å². The van der Waals surface area contributed by atoms with E-state index in [2.05, 4.69) is 25.2 Å². The Kier molecular flexibility index (Phi) is 3.64. The van der Waals surface area contributed by atoms with Gasteiger partial charge in [-0.2, -0.15) is 0 Å². The van der Waals surface area contributed by atoms with Crippen molar-refractivity contribution in [3.63, 3.8) is 0 Å². The van der Waals surface area contributed by atoms with E-state index in [4.69, 9.17) is 0 Å². The second kappa shape index (κ2) is 5.04. The van der Waals surface area contributed by atoms with Crippen molar-refractivity contribution < 1.29 is 8.42 Å². The molecule has 2 rings (SSSR count). The summed E-state index contributed by atoms with van der Waals surface area (Å²) in [5, 5.41) is 11.4. The molecule has 0 aliphatic heterocycles. The van der Waals surface area contributed by atoms with Gasteiger partial charge in [0.2, 0.25) is 5.13 Å². The minimum absolute atomic E-state index is 0.181. The van der Waals surface area contributed by atoms with E-state index in [1.165, 1.54) is 17.5 Å². The first-order chi connectivity index (χ1) is 8.51. The van der Waals surface area contributed by atoms with Crippen LogP contribution in [-0.4, -0.2) is 30.6 Å². The highest BCUT2D eigenvalue weighted by Gasteiger charge is 2.17. The van der Waals surface area contributed by atoms with E-state index < -0.39 is 10.0 Å². The summed E-state index contributed by atoms with van der Waals surface area (Å²) in [6.45, 7) is 2.34. The number of anilines is 1. The van der Waals surface area contributed by atoms with Crippen LogP contribution in [0.15, 0.2) is 17.2 Å². The van der Waals surface area contributed by atoms with Crippen molar-refractivity contribution in [1.29, 1.82) is 0 Å². The summed E-state index contributed by atoms with van der Waals surface area (Å²) in [7, 11) is -1.81. The quantitative estimate of drug-likeness (QED) is 0.751. The molecule has 0 saturated heterocycles. The van der Waals surface area contributed by atoms with Crippen molar-refractivity contribution in [1.82, 2.24) is 20.5 Å². The molecule has 0 radical (unpaired) electrons. The molecule has 18 heavy (non-hydrogen) atoms. The van der Waals surface area contributed by atoms with Crippen molar-refractivity contribution in [3.05, 3.63) is 23.0 Å². The molecule has 0 fully saturated rings. The van der Waals surface area contributed by atoms with Crippen LogP contribution in [0.4, 0.5) is 5.13 Å². The van der Waals surface area contributed by atoms with Gasteiger partial charge in [0, 0.05) is 18.4 Å². The van der Waals surface area contributed by atoms with Gasteiger partial charge >= 0.3 is 0 Å². The number of rotatable bonds is 5. The van der Waals surface area contributed by atoms with Crippen LogP contribution in [0.3, 0.4) is 0 Å². The highest BCUT2D eigenvalue weighted by molar-refractivity contribution is 7.93. The van der Waals surface area contributed by atoms with Crippen LogP contribution >= 0.6 is 11.3 Å². The van der Waals surface area contributed by atoms with Crippen LogP contribution in [0.5, 0.6) is 0 Å². The number of aromatic amines is 1. The number of H-pyrrole nitrogens is 1. The fraction of sp³-hybridized carbons (Fsp3) is 0.333. The maximum Gasteiger partial charge on any atom is 0.265 e. The van der Waals surface area contributed by atoms with E-state index in [0.29, 0.717) is 11.6 Å². The first-order valence-corrected chi connectivity index (χ1v) is 7.46. The molecule has 0 bridgehead atoms. The Morgan fingerprint density at radius 2 is 2.22 bits per heavy atom. The zero-order chi connectivity index (χ0) is 13.2. The number of aryl methyl sites for hydroxylation is 1. The molecule has 0 spiro atoms. The molecular weight excluding hydrogens is 274 g/mol. The van der Waals surface area contributed by atoms with Gasteiger partial charge in [-0.05, 0) is 20.0 Å². The molecule has 7 nitrogen and oxygen atoms in total. The number of nitrogens with one attached hydrogen (secondary N) is 3. The minimum atomic E-state index is -3.60. The van der Waals surface area contributed by atoms with E-state index in [0.717, 1.165) is 5.69 Å². The van der Waals surface area contributed by atoms with Crippen LogP contribution in [0.2, 0.25) is 0 Å². The zero-order valence-electron chi connectivity index (χ0n) is 9.89. The van der Waals surface area contributed by atoms with Crippen LogP contribution in [-0.2, 0) is 16.6 Å². The molecule has 9 heteroatoms. The number of nitrogens with zero attached hydrogens (tertiary/aromatic N) is 2. The van der Waals surface area contributed by atoms with Crippen LogP contribution in [0.25, 0.3) is 0 Å². The molecule has 0 unspecified atom stereocenters. The summed E-state index contributed by atoms with van der Waals surface area (Å²) < 4.78 is 26.4. The van der Waals surface area contributed by atoms with Gasteiger partial charge in [-0.25, -0.2) is 8.42 Å². The lowest BCUT2D eigenvalue weighted by molar-refractivity contribution is 0.601. The lowest BCUT2D eigenvalue weighted by atomic mass is 10.4. The second-order valence-corrected chi connectivity index (χ2v) is 6.49. The maximum atomic E-state index is 12.0. The Morgan fingerprint density at radius 3 is 2.83 bits per heavy atom. The summed E-state index contributed by atoms with van der Waals surface area (Å²) in [4.78, 5) is 3.07. The van der Waals surface area contributed by atoms with Gasteiger partial charge in [-0.3, -0.25) is 4.72 Å². The lowest BCUT2D eigenvalue weighted by Gasteiger charge is -2.00.